The Labute approximate surface area is 199 Å². The minimum Gasteiger partial charge on any atom is -0.483 e. The van der Waals surface area contributed by atoms with Gasteiger partial charge in [0, 0.05) is 30.8 Å². The number of fused-ring (bicyclic) bond motifs is 1. The molecule has 1 aromatic carbocycles. The fourth-order valence-corrected chi connectivity index (χ4v) is 3.87. The van der Waals surface area contributed by atoms with Crippen LogP contribution in [0.3, 0.4) is 0 Å². The predicted molar refractivity (Wildman–Crippen MR) is 127 cm³/mol. The molecule has 2 atom stereocenters. The third kappa shape index (κ3) is 7.01. The Hall–Kier alpha value is -3.47. The zero-order valence-corrected chi connectivity index (χ0v) is 20.6. The highest BCUT2D eigenvalue weighted by Gasteiger charge is 2.34. The van der Waals surface area contributed by atoms with Gasteiger partial charge in [0.2, 0.25) is 5.91 Å². The van der Waals surface area contributed by atoms with E-state index in [2.05, 4.69) is 20.5 Å². The largest absolute Gasteiger partial charge is 0.483 e. The summed E-state index contributed by atoms with van der Waals surface area (Å²) in [7, 11) is 4.03. The van der Waals surface area contributed by atoms with Gasteiger partial charge in [-0.05, 0) is 59.0 Å². The number of ether oxygens (including phenoxy) is 1. The summed E-state index contributed by atoms with van der Waals surface area (Å²) in [5, 5.41) is 18.4. The Kier molecular flexibility index (Phi) is 9.55. The molecule has 11 nitrogen and oxygen atoms in total. The van der Waals surface area contributed by atoms with E-state index < -0.39 is 6.09 Å². The summed E-state index contributed by atoms with van der Waals surface area (Å²) < 4.78 is 7.10. The van der Waals surface area contributed by atoms with Crippen LogP contribution in [0.4, 0.5) is 10.5 Å². The number of carboxylic acid groups (broad SMARTS) is 1. The van der Waals surface area contributed by atoms with Crippen LogP contribution in [0.1, 0.15) is 45.7 Å². The van der Waals surface area contributed by atoms with Crippen molar-refractivity contribution in [1.29, 1.82) is 0 Å². The second-order valence-electron chi connectivity index (χ2n) is 8.67. The zero-order valence-electron chi connectivity index (χ0n) is 20.6. The van der Waals surface area contributed by atoms with Crippen LogP contribution < -0.4 is 10.2 Å². The second-order valence-corrected chi connectivity index (χ2v) is 8.67. The molecule has 0 saturated carbocycles. The van der Waals surface area contributed by atoms with Gasteiger partial charge < -0.3 is 25.0 Å². The summed E-state index contributed by atoms with van der Waals surface area (Å²) in [5.41, 5.74) is 3.30. The topological polar surface area (TPSA) is 130 Å². The molecule has 0 fully saturated rings. The Morgan fingerprint density at radius 1 is 1.35 bits per heavy atom. The highest BCUT2D eigenvalue weighted by atomic mass is 16.6. The van der Waals surface area contributed by atoms with Crippen LogP contribution in [0, 0.1) is 0 Å². The van der Waals surface area contributed by atoms with E-state index in [9.17, 15) is 9.59 Å². The molecule has 2 N–H and O–H groups in total. The van der Waals surface area contributed by atoms with Gasteiger partial charge in [0.15, 0.2) is 0 Å². The van der Waals surface area contributed by atoms with E-state index >= 15 is 0 Å². The fourth-order valence-electron chi connectivity index (χ4n) is 3.87. The second kappa shape index (κ2) is 12.1. The number of nitrogens with zero attached hydrogens (tertiary/aromatic N) is 5. The standard InChI is InChI=1S/C22H32N6O3.CH2O2/c1-14(2)31-22(30)23-19-11-15(3)28(16(4)29)21-8-7-17(12-18(19)21)20-13-27(25-24-20)10-9-26(5)6;2-1-3/h7-8,12-15,19H,9-11H2,1-6H3,(H,23,30);1H,(H,2,3)/t15-,19+;/m0./s1. The van der Waals surface area contributed by atoms with E-state index in [-0.39, 0.29) is 30.6 Å². The normalized spacial score (nSPS) is 17.0. The molecule has 0 bridgehead atoms. The highest BCUT2D eigenvalue weighted by molar-refractivity contribution is 5.94. The Bertz CT molecular complexity index is 990. The summed E-state index contributed by atoms with van der Waals surface area (Å²) in [6.07, 6.45) is 1.83. The van der Waals surface area contributed by atoms with Crippen molar-refractivity contribution in [3.8, 4) is 11.3 Å². The van der Waals surface area contributed by atoms with Crippen molar-refractivity contribution in [2.75, 3.05) is 25.5 Å². The number of anilines is 1. The van der Waals surface area contributed by atoms with Gasteiger partial charge in [-0.15, -0.1) is 5.10 Å². The van der Waals surface area contributed by atoms with E-state index in [1.54, 1.807) is 11.8 Å². The third-order valence-corrected chi connectivity index (χ3v) is 5.26. The van der Waals surface area contributed by atoms with Gasteiger partial charge in [-0.3, -0.25) is 14.3 Å². The van der Waals surface area contributed by atoms with Crippen LogP contribution >= 0.6 is 0 Å². The molecule has 2 aromatic rings. The number of aromatic nitrogens is 3. The fraction of sp³-hybridized carbons (Fsp3) is 0.522. The molecule has 1 aliphatic heterocycles. The first-order chi connectivity index (χ1) is 16.1. The quantitative estimate of drug-likeness (QED) is 0.611. The zero-order chi connectivity index (χ0) is 25.4. The molecular formula is C23H34N6O5. The number of rotatable bonds is 6. The number of alkyl carbamates (subject to hydrolysis) is 1. The molecule has 0 unspecified atom stereocenters. The SMILES string of the molecule is CC(=O)N1c2ccc(-c3cn(CCN(C)C)nn3)cc2[C@H](NC(=O)OC(C)C)C[C@@H]1C.O=CO. The first kappa shape index (κ1) is 26.8. The number of carbonyl (C=O) groups excluding carboxylic acids is 2. The Morgan fingerprint density at radius 3 is 2.62 bits per heavy atom. The van der Waals surface area contributed by atoms with Crippen molar-refractivity contribution in [1.82, 2.24) is 25.2 Å². The van der Waals surface area contributed by atoms with Crippen LogP contribution in [-0.4, -0.2) is 76.3 Å². The smallest absolute Gasteiger partial charge is 0.407 e. The molecule has 34 heavy (non-hydrogen) atoms. The van der Waals surface area contributed by atoms with E-state index in [0.717, 1.165) is 35.6 Å². The van der Waals surface area contributed by atoms with Crippen molar-refractivity contribution >= 4 is 24.2 Å². The summed E-state index contributed by atoms with van der Waals surface area (Å²) in [5.74, 6) is -0.0284. The highest BCUT2D eigenvalue weighted by Crippen LogP contribution is 2.39. The van der Waals surface area contributed by atoms with E-state index in [0.29, 0.717) is 6.42 Å². The lowest BCUT2D eigenvalue weighted by Crippen LogP contribution is -2.45. The van der Waals surface area contributed by atoms with Gasteiger partial charge in [0.05, 0.1) is 24.9 Å². The van der Waals surface area contributed by atoms with Crippen molar-refractivity contribution < 1.29 is 24.2 Å². The number of hydrogen-bond acceptors (Lipinski definition) is 7. The van der Waals surface area contributed by atoms with E-state index in [1.807, 2.05) is 63.9 Å². The molecule has 186 valence electrons. The van der Waals surface area contributed by atoms with Crippen molar-refractivity contribution in [3.05, 3.63) is 30.0 Å². The molecule has 2 heterocycles. The maximum absolute atomic E-state index is 12.3. The summed E-state index contributed by atoms with van der Waals surface area (Å²) in [4.78, 5) is 36.8. The number of carbonyl (C=O) groups is 3. The number of nitrogens with one attached hydrogen (secondary N) is 1. The maximum atomic E-state index is 12.3. The van der Waals surface area contributed by atoms with Crippen molar-refractivity contribution in [3.63, 3.8) is 0 Å². The lowest BCUT2D eigenvalue weighted by atomic mass is 9.90. The maximum Gasteiger partial charge on any atom is 0.407 e. The van der Waals surface area contributed by atoms with Gasteiger partial charge in [0.25, 0.3) is 6.47 Å². The number of amides is 2. The average Bonchev–Trinajstić information content (AvgIpc) is 3.21. The molecule has 2 amide bonds. The van der Waals surface area contributed by atoms with Crippen molar-refractivity contribution in [2.45, 2.75) is 58.8 Å². The van der Waals surface area contributed by atoms with Gasteiger partial charge in [-0.25, -0.2) is 4.79 Å². The predicted octanol–water partition coefficient (Wildman–Crippen LogP) is 2.53. The molecule has 1 aliphatic rings. The van der Waals surface area contributed by atoms with Crippen LogP contribution in [0.2, 0.25) is 0 Å². The molecule has 11 heteroatoms. The van der Waals surface area contributed by atoms with Gasteiger partial charge in [-0.2, -0.15) is 0 Å². The lowest BCUT2D eigenvalue weighted by Gasteiger charge is -2.39. The van der Waals surface area contributed by atoms with E-state index in [4.69, 9.17) is 14.6 Å². The first-order valence-electron chi connectivity index (χ1n) is 11.1. The monoisotopic (exact) mass is 474 g/mol. The van der Waals surface area contributed by atoms with Gasteiger partial charge >= 0.3 is 6.09 Å². The minimum absolute atomic E-state index is 0.0284. The summed E-state index contributed by atoms with van der Waals surface area (Å²) in [6, 6.07) is 5.53. The Balaban J connectivity index is 0.00000129. The van der Waals surface area contributed by atoms with Crippen LogP contribution in [0.15, 0.2) is 24.4 Å². The van der Waals surface area contributed by atoms with Gasteiger partial charge in [-0.1, -0.05) is 11.3 Å². The number of benzene rings is 1. The minimum atomic E-state index is -0.463. The Morgan fingerprint density at radius 2 is 2.03 bits per heavy atom. The number of likely N-dealkylation sites (N-methyl/N-ethyl adjacent to an activating group) is 1. The third-order valence-electron chi connectivity index (χ3n) is 5.26. The summed E-state index contributed by atoms with van der Waals surface area (Å²) in [6.45, 7) is 8.52. The van der Waals surface area contributed by atoms with Crippen molar-refractivity contribution in [2.24, 2.45) is 0 Å². The van der Waals surface area contributed by atoms with E-state index in [1.165, 1.54) is 0 Å². The van der Waals surface area contributed by atoms with Crippen LogP contribution in [0.25, 0.3) is 11.3 Å². The van der Waals surface area contributed by atoms with Crippen LogP contribution in [-0.2, 0) is 20.9 Å². The molecule has 0 saturated heterocycles. The molecular weight excluding hydrogens is 440 g/mol. The van der Waals surface area contributed by atoms with Gasteiger partial charge in [0.1, 0.15) is 5.69 Å². The lowest BCUT2D eigenvalue weighted by molar-refractivity contribution is -0.123. The molecule has 0 radical (unpaired) electrons. The van der Waals surface area contributed by atoms with Crippen LogP contribution in [0.5, 0.6) is 0 Å². The molecule has 3 rings (SSSR count). The first-order valence-corrected chi connectivity index (χ1v) is 11.1. The molecule has 1 aromatic heterocycles. The molecule has 0 spiro atoms. The number of hydrogen-bond donors (Lipinski definition) is 2. The summed E-state index contributed by atoms with van der Waals surface area (Å²) >= 11 is 0. The molecule has 0 aliphatic carbocycles. The average molecular weight is 475 g/mol.